The highest BCUT2D eigenvalue weighted by molar-refractivity contribution is 6.42. The molecule has 112 valence electrons. The van der Waals surface area contributed by atoms with E-state index in [1.165, 1.54) is 14.2 Å². The van der Waals surface area contributed by atoms with Crippen LogP contribution in [0.1, 0.15) is 17.2 Å². The Bertz CT molecular complexity index is 659. The van der Waals surface area contributed by atoms with E-state index < -0.39 is 6.10 Å². The fraction of sp³-hybridized carbons (Fsp3) is 0.200. The fourth-order valence-electron chi connectivity index (χ4n) is 2.01. The minimum Gasteiger partial charge on any atom is -0.493 e. The lowest BCUT2D eigenvalue weighted by molar-refractivity contribution is 0.219. The highest BCUT2D eigenvalue weighted by atomic mass is 35.5. The highest BCUT2D eigenvalue weighted by Crippen LogP contribution is 2.42. The Balaban J connectivity index is 2.54. The van der Waals surface area contributed by atoms with Gasteiger partial charge in [0.25, 0.3) is 0 Å². The predicted octanol–water partition coefficient (Wildman–Crippen LogP) is 4.75. The minimum atomic E-state index is -1.02. The van der Waals surface area contributed by atoms with E-state index in [2.05, 4.69) is 0 Å². The lowest BCUT2D eigenvalue weighted by atomic mass is 10.0. The van der Waals surface area contributed by atoms with Crippen LogP contribution in [0.5, 0.6) is 11.5 Å². The van der Waals surface area contributed by atoms with Crippen LogP contribution in [0.4, 0.5) is 0 Å². The predicted molar refractivity (Wildman–Crippen MR) is 85.1 cm³/mol. The number of ether oxygens (including phenoxy) is 2. The molecule has 0 aliphatic rings. The summed E-state index contributed by atoms with van der Waals surface area (Å²) in [7, 11) is 2.99. The summed E-state index contributed by atoms with van der Waals surface area (Å²) in [5.41, 5.74) is 0.928. The van der Waals surface area contributed by atoms with E-state index in [4.69, 9.17) is 44.3 Å². The second-order valence-electron chi connectivity index (χ2n) is 4.25. The second-order valence-corrected chi connectivity index (χ2v) is 5.41. The maximum absolute atomic E-state index is 10.5. The van der Waals surface area contributed by atoms with Crippen molar-refractivity contribution >= 4 is 34.8 Å². The van der Waals surface area contributed by atoms with Gasteiger partial charge in [-0.3, -0.25) is 0 Å². The van der Waals surface area contributed by atoms with Crippen LogP contribution in [0.15, 0.2) is 30.3 Å². The van der Waals surface area contributed by atoms with Gasteiger partial charge in [-0.25, -0.2) is 0 Å². The Morgan fingerprint density at radius 2 is 1.57 bits per heavy atom. The molecule has 0 fully saturated rings. The van der Waals surface area contributed by atoms with Crippen LogP contribution in [-0.2, 0) is 0 Å². The summed E-state index contributed by atoms with van der Waals surface area (Å²) in [6.07, 6.45) is -1.02. The maximum atomic E-state index is 10.5. The van der Waals surface area contributed by atoms with Gasteiger partial charge in [-0.1, -0.05) is 53.0 Å². The average molecular weight is 348 g/mol. The molecule has 2 aromatic carbocycles. The SMILES string of the molecule is COc1ccc(C(O)c2cccc(Cl)c2Cl)c(Cl)c1OC. The Hall–Kier alpha value is -1.13. The second kappa shape index (κ2) is 6.75. The first-order valence-corrected chi connectivity index (χ1v) is 7.17. The van der Waals surface area contributed by atoms with Crippen molar-refractivity contribution in [3.05, 3.63) is 56.5 Å². The van der Waals surface area contributed by atoms with Crippen LogP contribution in [0.25, 0.3) is 0 Å². The van der Waals surface area contributed by atoms with Crippen LogP contribution in [0.3, 0.4) is 0 Å². The van der Waals surface area contributed by atoms with E-state index in [9.17, 15) is 5.11 Å². The molecule has 2 rings (SSSR count). The zero-order valence-electron chi connectivity index (χ0n) is 11.4. The van der Waals surface area contributed by atoms with Gasteiger partial charge in [0, 0.05) is 11.1 Å². The van der Waals surface area contributed by atoms with Crippen LogP contribution >= 0.6 is 34.8 Å². The van der Waals surface area contributed by atoms with Gasteiger partial charge in [0.15, 0.2) is 11.5 Å². The van der Waals surface area contributed by atoms with Crippen molar-refractivity contribution in [3.63, 3.8) is 0 Å². The largest absolute Gasteiger partial charge is 0.493 e. The average Bonchev–Trinajstić information content (AvgIpc) is 2.49. The van der Waals surface area contributed by atoms with E-state index >= 15 is 0 Å². The monoisotopic (exact) mass is 346 g/mol. The van der Waals surface area contributed by atoms with Gasteiger partial charge >= 0.3 is 0 Å². The summed E-state index contributed by atoms with van der Waals surface area (Å²) < 4.78 is 10.4. The van der Waals surface area contributed by atoms with E-state index in [-0.39, 0.29) is 10.0 Å². The fourth-order valence-corrected chi connectivity index (χ4v) is 2.76. The first-order chi connectivity index (χ1) is 10.0. The zero-order chi connectivity index (χ0) is 15.6. The van der Waals surface area contributed by atoms with Gasteiger partial charge in [-0.2, -0.15) is 0 Å². The number of aliphatic hydroxyl groups excluding tert-OH is 1. The summed E-state index contributed by atoms with van der Waals surface area (Å²) >= 11 is 18.4. The number of benzene rings is 2. The molecule has 0 spiro atoms. The van der Waals surface area contributed by atoms with Crippen molar-refractivity contribution in [2.75, 3.05) is 14.2 Å². The van der Waals surface area contributed by atoms with Crippen LogP contribution in [0, 0.1) is 0 Å². The normalized spacial score (nSPS) is 12.1. The number of aliphatic hydroxyl groups is 1. The van der Waals surface area contributed by atoms with Crippen LogP contribution < -0.4 is 9.47 Å². The first kappa shape index (κ1) is 16.2. The van der Waals surface area contributed by atoms with Crippen molar-refractivity contribution in [2.45, 2.75) is 6.10 Å². The number of rotatable bonds is 4. The highest BCUT2D eigenvalue weighted by Gasteiger charge is 2.22. The Labute approximate surface area is 138 Å². The molecule has 0 radical (unpaired) electrons. The number of hydrogen-bond acceptors (Lipinski definition) is 3. The summed E-state index contributed by atoms with van der Waals surface area (Å²) in [5, 5.41) is 11.5. The lowest BCUT2D eigenvalue weighted by Gasteiger charge is -2.18. The van der Waals surface area contributed by atoms with Crippen molar-refractivity contribution in [2.24, 2.45) is 0 Å². The van der Waals surface area contributed by atoms with E-state index in [1.807, 2.05) is 0 Å². The molecule has 2 aromatic rings. The molecule has 1 atom stereocenters. The number of halogens is 3. The molecule has 0 bridgehead atoms. The third kappa shape index (κ3) is 3.06. The molecule has 0 saturated heterocycles. The smallest absolute Gasteiger partial charge is 0.179 e. The topological polar surface area (TPSA) is 38.7 Å². The van der Waals surface area contributed by atoms with E-state index in [0.717, 1.165) is 0 Å². The van der Waals surface area contributed by atoms with Crippen molar-refractivity contribution in [1.29, 1.82) is 0 Å². The molecule has 0 aromatic heterocycles. The summed E-state index contributed by atoms with van der Waals surface area (Å²) in [5.74, 6) is 0.838. The molecule has 3 nitrogen and oxygen atoms in total. The van der Waals surface area contributed by atoms with Crippen molar-refractivity contribution in [1.82, 2.24) is 0 Å². The van der Waals surface area contributed by atoms with Gasteiger partial charge < -0.3 is 14.6 Å². The first-order valence-electron chi connectivity index (χ1n) is 6.03. The molecule has 0 saturated carbocycles. The Kier molecular flexibility index (Phi) is 5.22. The quantitative estimate of drug-likeness (QED) is 0.867. The number of methoxy groups -OCH3 is 2. The molecule has 6 heteroatoms. The molecule has 21 heavy (non-hydrogen) atoms. The van der Waals surface area contributed by atoms with Gasteiger partial charge in [0.2, 0.25) is 0 Å². The molecular formula is C15H13Cl3O3. The summed E-state index contributed by atoms with van der Waals surface area (Å²) in [4.78, 5) is 0. The molecule has 1 N–H and O–H groups in total. The van der Waals surface area contributed by atoms with Crippen molar-refractivity contribution in [3.8, 4) is 11.5 Å². The van der Waals surface area contributed by atoms with Crippen LogP contribution in [0.2, 0.25) is 15.1 Å². The third-order valence-electron chi connectivity index (χ3n) is 3.09. The summed E-state index contributed by atoms with van der Waals surface area (Å²) in [6.45, 7) is 0. The molecular weight excluding hydrogens is 335 g/mol. The molecule has 0 heterocycles. The van der Waals surface area contributed by atoms with Crippen molar-refractivity contribution < 1.29 is 14.6 Å². The molecule has 0 amide bonds. The van der Waals surface area contributed by atoms with Gasteiger partial charge in [0.1, 0.15) is 6.10 Å². The van der Waals surface area contributed by atoms with Crippen LogP contribution in [-0.4, -0.2) is 19.3 Å². The zero-order valence-corrected chi connectivity index (χ0v) is 13.6. The third-order valence-corrected chi connectivity index (χ3v) is 4.31. The summed E-state index contributed by atoms with van der Waals surface area (Å²) in [6, 6.07) is 8.37. The van der Waals surface area contributed by atoms with E-state index in [0.29, 0.717) is 27.6 Å². The lowest BCUT2D eigenvalue weighted by Crippen LogP contribution is -2.03. The van der Waals surface area contributed by atoms with E-state index in [1.54, 1.807) is 30.3 Å². The standard InChI is InChI=1S/C15H13Cl3O3/c1-20-11-7-6-9(13(18)15(11)21-2)14(19)8-4-3-5-10(16)12(8)17/h3-7,14,19H,1-2H3. The molecule has 0 aliphatic carbocycles. The number of hydrogen-bond donors (Lipinski definition) is 1. The van der Waals surface area contributed by atoms with Gasteiger partial charge in [0.05, 0.1) is 29.3 Å². The minimum absolute atomic E-state index is 0.264. The molecule has 0 aliphatic heterocycles. The van der Waals surface area contributed by atoms with Gasteiger partial charge in [-0.15, -0.1) is 0 Å². The Morgan fingerprint density at radius 3 is 2.19 bits per heavy atom. The maximum Gasteiger partial charge on any atom is 0.179 e. The van der Waals surface area contributed by atoms with Gasteiger partial charge in [-0.05, 0) is 12.1 Å². The molecule has 1 unspecified atom stereocenters. The Morgan fingerprint density at radius 1 is 0.905 bits per heavy atom.